The molecule has 7 nitrogen and oxygen atoms in total. The van der Waals surface area contributed by atoms with Crippen molar-refractivity contribution >= 4 is 35.2 Å². The van der Waals surface area contributed by atoms with Crippen molar-refractivity contribution in [1.29, 1.82) is 0 Å². The third kappa shape index (κ3) is 4.11. The maximum absolute atomic E-state index is 10.3. The first-order chi connectivity index (χ1) is 15.2. The molecule has 0 bridgehead atoms. The number of phenolic OH excluding ortho intramolecular Hbond substituents is 1. The minimum atomic E-state index is 0.0829. The van der Waals surface area contributed by atoms with Crippen molar-refractivity contribution in [3.63, 3.8) is 0 Å². The highest BCUT2D eigenvalue weighted by Crippen LogP contribution is 2.27. The van der Waals surface area contributed by atoms with E-state index in [0.717, 1.165) is 11.1 Å². The Morgan fingerprint density at radius 1 is 0.742 bits per heavy atom. The summed E-state index contributed by atoms with van der Waals surface area (Å²) in [5.41, 5.74) is 2.90. The number of aromatic hydroxyl groups is 1. The molecule has 2 N–H and O–H groups in total. The summed E-state index contributed by atoms with van der Waals surface area (Å²) in [4.78, 5) is 17.8. The number of nitrogens with one attached hydrogen (secondary N) is 1. The van der Waals surface area contributed by atoms with E-state index in [0.29, 0.717) is 22.8 Å². The Bertz CT molecular complexity index is 1350. The maximum Gasteiger partial charge on any atom is 0.302 e. The smallest absolute Gasteiger partial charge is 0.302 e. The van der Waals surface area contributed by atoms with E-state index >= 15 is 0 Å². The van der Waals surface area contributed by atoms with Crippen LogP contribution in [-0.4, -0.2) is 25.0 Å². The minimum Gasteiger partial charge on any atom is -0.507 e. The minimum absolute atomic E-state index is 0.0829. The number of rotatable bonds is 5. The van der Waals surface area contributed by atoms with Gasteiger partial charge >= 0.3 is 6.01 Å². The van der Waals surface area contributed by atoms with Gasteiger partial charge in [0.05, 0.1) is 5.56 Å². The fourth-order valence-electron chi connectivity index (χ4n) is 3.06. The first kappa shape index (κ1) is 18.5. The van der Waals surface area contributed by atoms with Crippen LogP contribution in [0.4, 0.5) is 12.0 Å². The summed E-state index contributed by atoms with van der Waals surface area (Å²) in [5.74, 6) is 1.10. The first-order valence-electron chi connectivity index (χ1n) is 9.65. The summed E-state index contributed by atoms with van der Waals surface area (Å²) in [6, 6.07) is 24.5. The molecule has 150 valence electrons. The van der Waals surface area contributed by atoms with Gasteiger partial charge in [-0.25, -0.2) is 4.98 Å². The lowest BCUT2D eigenvalue weighted by Crippen LogP contribution is -2.03. The van der Waals surface area contributed by atoms with E-state index in [1.54, 1.807) is 24.3 Å². The van der Waals surface area contributed by atoms with E-state index in [4.69, 9.17) is 4.42 Å². The van der Waals surface area contributed by atoms with E-state index in [1.807, 2.05) is 66.7 Å². The third-order valence-corrected chi connectivity index (χ3v) is 4.53. The number of benzene rings is 3. The van der Waals surface area contributed by atoms with Crippen LogP contribution in [0.15, 0.2) is 83.3 Å². The largest absolute Gasteiger partial charge is 0.507 e. The second-order valence-electron chi connectivity index (χ2n) is 6.71. The SMILES string of the molecule is Oc1ccccc1-c1nc(C=Cc2ccccc2)nc(Nc2nc3ccccc3o2)n1. The molecule has 0 fully saturated rings. The quantitative estimate of drug-likeness (QED) is 0.408. The van der Waals surface area contributed by atoms with Gasteiger partial charge in [0.15, 0.2) is 17.2 Å². The molecule has 0 aliphatic heterocycles. The van der Waals surface area contributed by atoms with E-state index in [1.165, 1.54) is 0 Å². The number of anilines is 2. The number of phenols is 1. The van der Waals surface area contributed by atoms with E-state index in [2.05, 4.69) is 25.3 Å². The van der Waals surface area contributed by atoms with E-state index < -0.39 is 0 Å². The lowest BCUT2D eigenvalue weighted by atomic mass is 10.2. The normalized spacial score (nSPS) is 11.2. The number of hydrogen-bond donors (Lipinski definition) is 2. The van der Waals surface area contributed by atoms with Crippen LogP contribution in [0, 0.1) is 0 Å². The first-order valence-corrected chi connectivity index (χ1v) is 9.65. The van der Waals surface area contributed by atoms with Gasteiger partial charge in [0.1, 0.15) is 11.3 Å². The van der Waals surface area contributed by atoms with Crippen molar-refractivity contribution < 1.29 is 9.52 Å². The number of para-hydroxylation sites is 3. The molecule has 2 aromatic heterocycles. The van der Waals surface area contributed by atoms with Crippen LogP contribution in [0.25, 0.3) is 34.6 Å². The molecule has 0 aliphatic carbocycles. The summed E-state index contributed by atoms with van der Waals surface area (Å²) in [6.45, 7) is 0. The monoisotopic (exact) mass is 407 g/mol. The predicted octanol–water partition coefficient (Wildman–Crippen LogP) is 5.30. The van der Waals surface area contributed by atoms with Gasteiger partial charge in [0, 0.05) is 0 Å². The van der Waals surface area contributed by atoms with Crippen LogP contribution in [0.5, 0.6) is 5.75 Å². The van der Waals surface area contributed by atoms with Crippen molar-refractivity contribution in [2.24, 2.45) is 0 Å². The molecule has 0 spiro atoms. The van der Waals surface area contributed by atoms with Crippen molar-refractivity contribution in [3.8, 4) is 17.1 Å². The molecular formula is C24H17N5O2. The van der Waals surface area contributed by atoms with E-state index in [9.17, 15) is 5.11 Å². The van der Waals surface area contributed by atoms with Gasteiger partial charge in [-0.2, -0.15) is 15.0 Å². The zero-order valence-corrected chi connectivity index (χ0v) is 16.3. The van der Waals surface area contributed by atoms with Crippen molar-refractivity contribution in [2.75, 3.05) is 5.32 Å². The number of oxazole rings is 1. The second kappa shape index (κ2) is 8.08. The number of hydrogen-bond acceptors (Lipinski definition) is 7. The van der Waals surface area contributed by atoms with Crippen LogP contribution in [0.1, 0.15) is 11.4 Å². The van der Waals surface area contributed by atoms with Crippen LogP contribution in [0.3, 0.4) is 0 Å². The zero-order chi connectivity index (χ0) is 21.0. The standard InChI is InChI=1S/C24H17N5O2/c30-19-12-6-4-10-17(19)22-26-21(15-14-16-8-2-1-3-9-16)27-23(28-22)29-24-25-18-11-5-7-13-20(18)31-24/h1-15,30H,(H,25,26,27,28,29). The average Bonchev–Trinajstić information content (AvgIpc) is 3.21. The Balaban J connectivity index is 1.55. The molecular weight excluding hydrogens is 390 g/mol. The molecule has 3 aromatic carbocycles. The maximum atomic E-state index is 10.3. The highest BCUT2D eigenvalue weighted by Gasteiger charge is 2.13. The molecule has 7 heteroatoms. The van der Waals surface area contributed by atoms with Gasteiger partial charge in [-0.05, 0) is 35.9 Å². The van der Waals surface area contributed by atoms with Crippen molar-refractivity contribution in [1.82, 2.24) is 19.9 Å². The Morgan fingerprint density at radius 3 is 2.35 bits per heavy atom. The Morgan fingerprint density at radius 2 is 1.52 bits per heavy atom. The highest BCUT2D eigenvalue weighted by atomic mass is 16.4. The lowest BCUT2D eigenvalue weighted by molar-refractivity contribution is 0.477. The summed E-state index contributed by atoms with van der Waals surface area (Å²) >= 11 is 0. The molecule has 0 saturated carbocycles. The molecule has 0 amide bonds. The summed E-state index contributed by atoms with van der Waals surface area (Å²) in [6.07, 6.45) is 3.70. The van der Waals surface area contributed by atoms with Gasteiger partial charge in [0.25, 0.3) is 0 Å². The van der Waals surface area contributed by atoms with Crippen molar-refractivity contribution in [2.45, 2.75) is 0 Å². The third-order valence-electron chi connectivity index (χ3n) is 4.53. The van der Waals surface area contributed by atoms with Crippen molar-refractivity contribution in [3.05, 3.63) is 90.3 Å². The molecule has 5 rings (SSSR count). The average molecular weight is 407 g/mol. The molecule has 0 unspecified atom stereocenters. The van der Waals surface area contributed by atoms with Gasteiger partial charge in [0.2, 0.25) is 5.95 Å². The second-order valence-corrected chi connectivity index (χ2v) is 6.71. The van der Waals surface area contributed by atoms with Gasteiger partial charge in [-0.1, -0.05) is 60.7 Å². The molecule has 5 aromatic rings. The van der Waals surface area contributed by atoms with Crippen LogP contribution in [0.2, 0.25) is 0 Å². The van der Waals surface area contributed by atoms with Gasteiger partial charge in [-0.3, -0.25) is 5.32 Å². The topological polar surface area (TPSA) is 97.0 Å². The highest BCUT2D eigenvalue weighted by molar-refractivity contribution is 5.75. The summed E-state index contributed by atoms with van der Waals surface area (Å²) < 4.78 is 5.72. The molecule has 0 atom stereocenters. The van der Waals surface area contributed by atoms with Crippen LogP contribution in [-0.2, 0) is 0 Å². The molecule has 31 heavy (non-hydrogen) atoms. The molecule has 2 heterocycles. The lowest BCUT2D eigenvalue weighted by Gasteiger charge is -2.07. The van der Waals surface area contributed by atoms with E-state index in [-0.39, 0.29) is 17.7 Å². The Labute approximate surface area is 177 Å². The number of nitrogens with zero attached hydrogens (tertiary/aromatic N) is 4. The molecule has 0 aliphatic rings. The van der Waals surface area contributed by atoms with Crippen LogP contribution < -0.4 is 5.32 Å². The fourth-order valence-corrected chi connectivity index (χ4v) is 3.06. The molecule has 0 saturated heterocycles. The summed E-state index contributed by atoms with van der Waals surface area (Å²) in [7, 11) is 0. The predicted molar refractivity (Wildman–Crippen MR) is 120 cm³/mol. The van der Waals surface area contributed by atoms with Gasteiger partial charge < -0.3 is 9.52 Å². The fraction of sp³-hybridized carbons (Fsp3) is 0. The summed E-state index contributed by atoms with van der Waals surface area (Å²) in [5, 5.41) is 13.3. The van der Waals surface area contributed by atoms with Crippen LogP contribution >= 0.6 is 0 Å². The Hall–Kier alpha value is -4.52. The Kier molecular flexibility index (Phi) is 4.82. The number of fused-ring (bicyclic) bond motifs is 1. The molecule has 0 radical (unpaired) electrons. The zero-order valence-electron chi connectivity index (χ0n) is 16.3. The van der Waals surface area contributed by atoms with Gasteiger partial charge in [-0.15, -0.1) is 0 Å². The number of aromatic nitrogens is 4.